The van der Waals surface area contributed by atoms with Gasteiger partial charge in [0.1, 0.15) is 17.6 Å². The van der Waals surface area contributed by atoms with Gasteiger partial charge in [-0.3, -0.25) is 4.79 Å². The molecule has 2 aromatic rings. The Labute approximate surface area is 182 Å². The first-order valence-corrected chi connectivity index (χ1v) is 10.7. The number of phenols is 1. The van der Waals surface area contributed by atoms with Gasteiger partial charge < -0.3 is 24.8 Å². The molecule has 7 nitrogen and oxygen atoms in total. The van der Waals surface area contributed by atoms with Gasteiger partial charge in [-0.2, -0.15) is 0 Å². The molecule has 1 aliphatic carbocycles. The summed E-state index contributed by atoms with van der Waals surface area (Å²) in [5.74, 6) is 1.10. The molecule has 31 heavy (non-hydrogen) atoms. The summed E-state index contributed by atoms with van der Waals surface area (Å²) in [4.78, 5) is 27.1. The summed E-state index contributed by atoms with van der Waals surface area (Å²) in [6.45, 7) is 1.07. The number of amides is 2. The summed E-state index contributed by atoms with van der Waals surface area (Å²) < 4.78 is 10.7. The third-order valence-corrected chi connectivity index (χ3v) is 6.43. The van der Waals surface area contributed by atoms with Crippen LogP contribution in [0.5, 0.6) is 11.5 Å². The monoisotopic (exact) mass is 424 g/mol. The normalized spacial score (nSPS) is 23.1. The van der Waals surface area contributed by atoms with E-state index in [0.29, 0.717) is 25.9 Å². The van der Waals surface area contributed by atoms with Crippen LogP contribution in [0.1, 0.15) is 37.7 Å². The van der Waals surface area contributed by atoms with E-state index in [1.165, 1.54) is 0 Å². The number of hydrogen-bond acceptors (Lipinski definition) is 5. The summed E-state index contributed by atoms with van der Waals surface area (Å²) in [6.07, 6.45) is 3.02. The van der Waals surface area contributed by atoms with Crippen molar-refractivity contribution in [3.63, 3.8) is 0 Å². The number of rotatable bonds is 5. The molecular weight excluding hydrogens is 396 g/mol. The Balaban J connectivity index is 1.26. The molecule has 2 amide bonds. The van der Waals surface area contributed by atoms with E-state index in [-0.39, 0.29) is 23.2 Å². The maximum Gasteiger partial charge on any atom is 0.407 e. The van der Waals surface area contributed by atoms with Crippen LogP contribution in [0, 0.1) is 5.41 Å². The van der Waals surface area contributed by atoms with Crippen LogP contribution in [0.15, 0.2) is 48.5 Å². The maximum atomic E-state index is 13.1. The Morgan fingerprint density at radius 2 is 1.77 bits per heavy atom. The zero-order chi connectivity index (χ0) is 21.8. The summed E-state index contributed by atoms with van der Waals surface area (Å²) in [7, 11) is 1.61. The van der Waals surface area contributed by atoms with Gasteiger partial charge in [-0.05, 0) is 74.1 Å². The highest BCUT2D eigenvalue weighted by Crippen LogP contribution is 2.46. The van der Waals surface area contributed by atoms with E-state index in [2.05, 4.69) is 5.32 Å². The largest absolute Gasteiger partial charge is 0.508 e. The van der Waals surface area contributed by atoms with E-state index < -0.39 is 6.09 Å². The number of nitrogens with zero attached hydrogens (tertiary/aromatic N) is 1. The molecule has 2 fully saturated rings. The molecule has 1 aliphatic heterocycles. The number of alkyl carbamates (subject to hydrolysis) is 1. The van der Waals surface area contributed by atoms with Gasteiger partial charge in [0.15, 0.2) is 0 Å². The molecule has 0 atom stereocenters. The average molecular weight is 424 g/mol. The molecule has 4 rings (SSSR count). The van der Waals surface area contributed by atoms with Crippen molar-refractivity contribution in [3.8, 4) is 11.5 Å². The van der Waals surface area contributed by atoms with Crippen LogP contribution in [0.3, 0.4) is 0 Å². The average Bonchev–Trinajstić information content (AvgIpc) is 3.10. The first-order chi connectivity index (χ1) is 15.0. The minimum Gasteiger partial charge on any atom is -0.508 e. The second-order valence-electron chi connectivity index (χ2n) is 8.31. The van der Waals surface area contributed by atoms with Crippen molar-refractivity contribution in [2.45, 2.75) is 44.8 Å². The molecule has 1 saturated carbocycles. The van der Waals surface area contributed by atoms with E-state index in [9.17, 15) is 14.7 Å². The van der Waals surface area contributed by atoms with E-state index in [0.717, 1.165) is 36.3 Å². The van der Waals surface area contributed by atoms with Gasteiger partial charge in [-0.15, -0.1) is 0 Å². The zero-order valence-corrected chi connectivity index (χ0v) is 17.7. The number of aromatic hydroxyl groups is 1. The first kappa shape index (κ1) is 21.0. The second-order valence-corrected chi connectivity index (χ2v) is 8.31. The van der Waals surface area contributed by atoms with Crippen molar-refractivity contribution >= 4 is 17.7 Å². The second kappa shape index (κ2) is 8.88. The molecule has 0 unspecified atom stereocenters. The maximum absolute atomic E-state index is 13.1. The number of phenolic OH excluding ortho intramolecular Hbond substituents is 1. The molecule has 0 radical (unpaired) electrons. The van der Waals surface area contributed by atoms with Crippen molar-refractivity contribution in [3.05, 3.63) is 54.1 Å². The predicted molar refractivity (Wildman–Crippen MR) is 116 cm³/mol. The summed E-state index contributed by atoms with van der Waals surface area (Å²) >= 11 is 0. The minimum absolute atomic E-state index is 0.139. The number of carbonyl (C=O) groups is 2. The number of nitrogens with one attached hydrogen (secondary N) is 1. The highest BCUT2D eigenvalue weighted by molar-refractivity contribution is 6.00. The van der Waals surface area contributed by atoms with Gasteiger partial charge >= 0.3 is 6.09 Å². The minimum atomic E-state index is -0.430. The van der Waals surface area contributed by atoms with Crippen LogP contribution in [-0.2, 0) is 16.1 Å². The summed E-state index contributed by atoms with van der Waals surface area (Å²) in [5, 5.41) is 12.3. The SMILES string of the molecule is COc1ccc(CNC(=O)O[C@H]2CC[C@@]3(CCN(c4ccc(O)cc4)C3=O)CC2)cc1. The Morgan fingerprint density at radius 1 is 1.10 bits per heavy atom. The van der Waals surface area contributed by atoms with E-state index in [4.69, 9.17) is 9.47 Å². The van der Waals surface area contributed by atoms with Crippen LogP contribution in [0.4, 0.5) is 10.5 Å². The number of ether oxygens (including phenoxy) is 2. The van der Waals surface area contributed by atoms with Crippen LogP contribution < -0.4 is 15.0 Å². The molecular formula is C24H28N2O5. The van der Waals surface area contributed by atoms with Gasteiger partial charge in [0, 0.05) is 18.8 Å². The number of anilines is 1. The molecule has 7 heteroatoms. The predicted octanol–water partition coefficient (Wildman–Crippen LogP) is 3.99. The fraction of sp³-hybridized carbons (Fsp3) is 0.417. The Bertz CT molecular complexity index is 918. The third-order valence-electron chi connectivity index (χ3n) is 6.43. The molecule has 2 aliphatic rings. The standard InChI is InChI=1S/C24H28N2O5/c1-30-20-8-2-17(3-9-20)16-25-23(29)31-21-10-12-24(13-11-21)14-15-26(22(24)28)18-4-6-19(27)7-5-18/h2-9,21,27H,10-16H2,1H3,(H,25,29)/t21-,24-. The molecule has 2 N–H and O–H groups in total. The van der Waals surface area contributed by atoms with E-state index in [1.807, 2.05) is 29.2 Å². The molecule has 1 spiro atoms. The highest BCUT2D eigenvalue weighted by Gasteiger charge is 2.49. The van der Waals surface area contributed by atoms with Crippen molar-refractivity contribution in [2.75, 3.05) is 18.6 Å². The molecule has 0 bridgehead atoms. The Morgan fingerprint density at radius 3 is 2.42 bits per heavy atom. The highest BCUT2D eigenvalue weighted by atomic mass is 16.6. The first-order valence-electron chi connectivity index (χ1n) is 10.7. The fourth-order valence-corrected chi connectivity index (χ4v) is 4.54. The summed E-state index contributed by atoms with van der Waals surface area (Å²) in [5.41, 5.74) is 1.42. The molecule has 1 heterocycles. The van der Waals surface area contributed by atoms with Gasteiger partial charge in [0.25, 0.3) is 0 Å². The van der Waals surface area contributed by atoms with Crippen LogP contribution >= 0.6 is 0 Å². The number of carbonyl (C=O) groups excluding carboxylic acids is 2. The molecule has 1 saturated heterocycles. The van der Waals surface area contributed by atoms with Gasteiger partial charge in [0.05, 0.1) is 12.5 Å². The van der Waals surface area contributed by atoms with Crippen LogP contribution in [0.2, 0.25) is 0 Å². The number of benzene rings is 2. The van der Waals surface area contributed by atoms with Gasteiger partial charge in [0.2, 0.25) is 5.91 Å². The number of hydrogen-bond donors (Lipinski definition) is 2. The lowest BCUT2D eigenvalue weighted by molar-refractivity contribution is -0.128. The zero-order valence-electron chi connectivity index (χ0n) is 17.7. The Kier molecular flexibility index (Phi) is 6.02. The number of methoxy groups -OCH3 is 1. The molecule has 0 aromatic heterocycles. The lowest BCUT2D eigenvalue weighted by Crippen LogP contribution is -2.40. The Hall–Kier alpha value is -3.22. The topological polar surface area (TPSA) is 88.1 Å². The van der Waals surface area contributed by atoms with Crippen molar-refractivity contribution in [2.24, 2.45) is 5.41 Å². The van der Waals surface area contributed by atoms with Gasteiger partial charge in [-0.1, -0.05) is 12.1 Å². The molecule has 2 aromatic carbocycles. The quantitative estimate of drug-likeness (QED) is 0.758. The molecule has 164 valence electrons. The van der Waals surface area contributed by atoms with Crippen molar-refractivity contribution < 1.29 is 24.2 Å². The lowest BCUT2D eigenvalue weighted by atomic mass is 9.72. The fourth-order valence-electron chi connectivity index (χ4n) is 4.54. The van der Waals surface area contributed by atoms with Crippen LogP contribution in [-0.4, -0.2) is 36.9 Å². The van der Waals surface area contributed by atoms with Crippen molar-refractivity contribution in [1.29, 1.82) is 0 Å². The van der Waals surface area contributed by atoms with Crippen molar-refractivity contribution in [1.82, 2.24) is 5.32 Å². The van der Waals surface area contributed by atoms with E-state index >= 15 is 0 Å². The smallest absolute Gasteiger partial charge is 0.407 e. The van der Waals surface area contributed by atoms with Crippen LogP contribution in [0.25, 0.3) is 0 Å². The lowest BCUT2D eigenvalue weighted by Gasteiger charge is -2.35. The third kappa shape index (κ3) is 4.60. The van der Waals surface area contributed by atoms with E-state index in [1.54, 1.807) is 31.4 Å². The summed E-state index contributed by atoms with van der Waals surface area (Å²) in [6, 6.07) is 14.2. The van der Waals surface area contributed by atoms with Gasteiger partial charge in [-0.25, -0.2) is 4.79 Å².